The van der Waals surface area contributed by atoms with Gasteiger partial charge in [0.05, 0.1) is 0 Å². The van der Waals surface area contributed by atoms with E-state index in [0.29, 0.717) is 5.92 Å². The van der Waals surface area contributed by atoms with Crippen molar-refractivity contribution in [1.29, 1.82) is 0 Å². The van der Waals surface area contributed by atoms with E-state index in [-0.39, 0.29) is 0 Å². The second-order valence-corrected chi connectivity index (χ2v) is 4.05. The van der Waals surface area contributed by atoms with Crippen LogP contribution in [0.2, 0.25) is 0 Å². The van der Waals surface area contributed by atoms with Crippen LogP contribution in [0.3, 0.4) is 0 Å². The Hall–Kier alpha value is -0.700. The smallest absolute Gasteiger partial charge is 0.133 e. The molecule has 2 nitrogen and oxygen atoms in total. The van der Waals surface area contributed by atoms with Crippen LogP contribution in [0.25, 0.3) is 0 Å². The average molecular weight is 194 g/mol. The summed E-state index contributed by atoms with van der Waals surface area (Å²) in [5.74, 6) is 1.76. The molecule has 0 aliphatic heterocycles. The van der Waals surface area contributed by atoms with Crippen LogP contribution in [-0.4, -0.2) is 9.97 Å². The Morgan fingerprint density at radius 3 is 2.69 bits per heavy atom. The molecule has 1 saturated carbocycles. The normalized spacial score (nSPS) is 16.2. The van der Waals surface area contributed by atoms with Gasteiger partial charge in [-0.1, -0.05) is 19.1 Å². The second kappa shape index (κ2) is 3.22. The zero-order valence-corrected chi connectivity index (χ0v) is 8.87. The minimum atomic E-state index is 0.659. The lowest BCUT2D eigenvalue weighted by atomic mass is 10.2. The molecule has 1 fully saturated rings. The van der Waals surface area contributed by atoms with Crippen molar-refractivity contribution in [2.24, 2.45) is 0 Å². The van der Waals surface area contributed by atoms with Crippen molar-refractivity contribution in [3.05, 3.63) is 21.7 Å². The first kappa shape index (κ1) is 8.88. The van der Waals surface area contributed by atoms with Gasteiger partial charge in [0.25, 0.3) is 0 Å². The van der Waals surface area contributed by atoms with Gasteiger partial charge in [-0.3, -0.25) is 0 Å². The second-order valence-electron chi connectivity index (χ2n) is 3.66. The van der Waals surface area contributed by atoms with Crippen LogP contribution in [0.4, 0.5) is 0 Å². The fourth-order valence-electron chi connectivity index (χ4n) is 1.60. The highest BCUT2D eigenvalue weighted by Crippen LogP contribution is 2.38. The third kappa shape index (κ3) is 1.66. The van der Waals surface area contributed by atoms with E-state index in [9.17, 15) is 0 Å². The highest BCUT2D eigenvalue weighted by molar-refractivity contribution is 7.71. The first-order chi connectivity index (χ1) is 6.22. The summed E-state index contributed by atoms with van der Waals surface area (Å²) in [5.41, 5.74) is 2.39. The van der Waals surface area contributed by atoms with Crippen molar-refractivity contribution in [1.82, 2.24) is 9.97 Å². The summed E-state index contributed by atoms with van der Waals surface area (Å²) in [6.07, 6.45) is 3.51. The third-order valence-corrected chi connectivity index (χ3v) is 2.90. The van der Waals surface area contributed by atoms with E-state index in [2.05, 4.69) is 23.8 Å². The Balaban J connectivity index is 2.48. The van der Waals surface area contributed by atoms with Gasteiger partial charge in [0.1, 0.15) is 10.5 Å². The van der Waals surface area contributed by atoms with Crippen molar-refractivity contribution in [3.63, 3.8) is 0 Å². The van der Waals surface area contributed by atoms with Crippen molar-refractivity contribution in [3.8, 4) is 0 Å². The van der Waals surface area contributed by atoms with Crippen LogP contribution in [0.15, 0.2) is 0 Å². The Kier molecular flexibility index (Phi) is 2.20. The predicted molar refractivity (Wildman–Crippen MR) is 55.5 cm³/mol. The van der Waals surface area contributed by atoms with Crippen molar-refractivity contribution < 1.29 is 0 Å². The number of H-pyrrole nitrogens is 1. The van der Waals surface area contributed by atoms with Gasteiger partial charge in [0.15, 0.2) is 0 Å². The van der Waals surface area contributed by atoms with Gasteiger partial charge in [-0.05, 0) is 26.2 Å². The van der Waals surface area contributed by atoms with Crippen LogP contribution in [0.1, 0.15) is 42.8 Å². The SMILES string of the molecule is CCc1c(C)[nH]c(C2CC2)nc1=S. The fourth-order valence-corrected chi connectivity index (χ4v) is 2.00. The van der Waals surface area contributed by atoms with Crippen LogP contribution in [0.5, 0.6) is 0 Å². The molecule has 1 aromatic heterocycles. The summed E-state index contributed by atoms with van der Waals surface area (Å²) in [7, 11) is 0. The maximum Gasteiger partial charge on any atom is 0.133 e. The van der Waals surface area contributed by atoms with E-state index >= 15 is 0 Å². The Labute approximate surface area is 83.4 Å². The molecule has 1 heterocycles. The van der Waals surface area contributed by atoms with Gasteiger partial charge < -0.3 is 4.98 Å². The van der Waals surface area contributed by atoms with E-state index in [4.69, 9.17) is 12.2 Å². The molecule has 70 valence electrons. The molecule has 0 radical (unpaired) electrons. The van der Waals surface area contributed by atoms with E-state index in [1.54, 1.807) is 0 Å². The molecule has 0 bridgehead atoms. The number of aromatic nitrogens is 2. The molecule has 1 N–H and O–H groups in total. The van der Waals surface area contributed by atoms with Crippen molar-refractivity contribution in [2.45, 2.75) is 39.0 Å². The van der Waals surface area contributed by atoms with Crippen LogP contribution < -0.4 is 0 Å². The Morgan fingerprint density at radius 2 is 2.23 bits per heavy atom. The molecule has 13 heavy (non-hydrogen) atoms. The molecular formula is C10H14N2S. The largest absolute Gasteiger partial charge is 0.347 e. The topological polar surface area (TPSA) is 28.7 Å². The fraction of sp³-hybridized carbons (Fsp3) is 0.600. The summed E-state index contributed by atoms with van der Waals surface area (Å²) >= 11 is 5.24. The number of hydrogen-bond acceptors (Lipinski definition) is 2. The zero-order chi connectivity index (χ0) is 9.42. The number of aromatic amines is 1. The first-order valence-electron chi connectivity index (χ1n) is 4.82. The maximum absolute atomic E-state index is 5.24. The minimum Gasteiger partial charge on any atom is -0.347 e. The maximum atomic E-state index is 5.24. The van der Waals surface area contributed by atoms with Gasteiger partial charge in [0.2, 0.25) is 0 Å². The number of rotatable bonds is 2. The van der Waals surface area contributed by atoms with Gasteiger partial charge in [0, 0.05) is 17.2 Å². The summed E-state index contributed by atoms with van der Waals surface area (Å²) in [6.45, 7) is 4.20. The molecule has 1 aliphatic rings. The highest BCUT2D eigenvalue weighted by atomic mass is 32.1. The van der Waals surface area contributed by atoms with Crippen molar-refractivity contribution in [2.75, 3.05) is 0 Å². The molecule has 2 rings (SSSR count). The van der Waals surface area contributed by atoms with Crippen LogP contribution >= 0.6 is 12.2 Å². The van der Waals surface area contributed by atoms with Gasteiger partial charge in [-0.15, -0.1) is 0 Å². The molecule has 3 heteroatoms. The quantitative estimate of drug-likeness (QED) is 0.733. The Morgan fingerprint density at radius 1 is 1.54 bits per heavy atom. The molecule has 0 aromatic carbocycles. The lowest BCUT2D eigenvalue weighted by Crippen LogP contribution is -2.00. The molecule has 1 aliphatic carbocycles. The minimum absolute atomic E-state index is 0.659. The first-order valence-corrected chi connectivity index (χ1v) is 5.23. The monoisotopic (exact) mass is 194 g/mol. The van der Waals surface area contributed by atoms with E-state index < -0.39 is 0 Å². The lowest BCUT2D eigenvalue weighted by Gasteiger charge is -2.05. The number of nitrogens with zero attached hydrogens (tertiary/aromatic N) is 1. The van der Waals surface area contributed by atoms with Crippen LogP contribution in [-0.2, 0) is 6.42 Å². The van der Waals surface area contributed by atoms with Gasteiger partial charge >= 0.3 is 0 Å². The van der Waals surface area contributed by atoms with Gasteiger partial charge in [-0.2, -0.15) is 0 Å². The molecule has 0 amide bonds. The number of nitrogens with one attached hydrogen (secondary N) is 1. The van der Waals surface area contributed by atoms with Gasteiger partial charge in [-0.25, -0.2) is 4.98 Å². The molecule has 0 atom stereocenters. The van der Waals surface area contributed by atoms with E-state index in [0.717, 1.165) is 16.9 Å². The third-order valence-electron chi connectivity index (χ3n) is 2.57. The standard InChI is InChI=1S/C10H14N2S/c1-3-8-6(2)11-9(7-4-5-7)12-10(8)13/h7H,3-5H2,1-2H3,(H,11,12,13). The summed E-state index contributed by atoms with van der Waals surface area (Å²) in [4.78, 5) is 7.78. The Bertz CT molecular complexity index is 377. The highest BCUT2D eigenvalue weighted by Gasteiger charge is 2.26. The van der Waals surface area contributed by atoms with Crippen LogP contribution in [0, 0.1) is 11.6 Å². The molecule has 0 unspecified atom stereocenters. The van der Waals surface area contributed by atoms with Crippen molar-refractivity contribution >= 4 is 12.2 Å². The number of aryl methyl sites for hydroxylation is 1. The molecule has 0 saturated heterocycles. The average Bonchev–Trinajstić information content (AvgIpc) is 2.85. The summed E-state index contributed by atoms with van der Waals surface area (Å²) in [6, 6.07) is 0. The predicted octanol–water partition coefficient (Wildman–Crippen LogP) is 2.89. The lowest BCUT2D eigenvalue weighted by molar-refractivity contribution is 0.869. The molecule has 0 spiro atoms. The zero-order valence-electron chi connectivity index (χ0n) is 8.05. The summed E-state index contributed by atoms with van der Waals surface area (Å²) in [5, 5.41) is 0. The van der Waals surface area contributed by atoms with E-state index in [1.165, 1.54) is 24.1 Å². The van der Waals surface area contributed by atoms with E-state index in [1.807, 2.05) is 0 Å². The molecular weight excluding hydrogens is 180 g/mol. The number of hydrogen-bond donors (Lipinski definition) is 1. The molecule has 1 aromatic rings. The summed E-state index contributed by atoms with van der Waals surface area (Å²) < 4.78 is 0.792.